The van der Waals surface area contributed by atoms with Crippen molar-refractivity contribution in [1.82, 2.24) is 9.97 Å². The zero-order chi connectivity index (χ0) is 20.9. The van der Waals surface area contributed by atoms with Gasteiger partial charge in [-0.25, -0.2) is 4.98 Å². The zero-order valence-electron chi connectivity index (χ0n) is 16.5. The molecule has 150 valence electrons. The third-order valence-electron chi connectivity index (χ3n) is 4.50. The number of carbonyl (C=O) groups is 1. The number of hydrogen-bond donors (Lipinski definition) is 1. The lowest BCUT2D eigenvalue weighted by molar-refractivity contribution is 0.102. The number of carbonyl (C=O) groups excluding carboxylic acids is 1. The fourth-order valence-electron chi connectivity index (χ4n) is 3.06. The van der Waals surface area contributed by atoms with Crippen LogP contribution in [-0.4, -0.2) is 30.1 Å². The monoisotopic (exact) mass is 417 g/mol. The lowest BCUT2D eigenvalue weighted by atomic mass is 10.1. The van der Waals surface area contributed by atoms with Crippen molar-refractivity contribution < 1.29 is 14.3 Å². The minimum absolute atomic E-state index is 0.308. The number of thiazole rings is 1. The van der Waals surface area contributed by atoms with Crippen molar-refractivity contribution in [3.8, 4) is 33.3 Å². The summed E-state index contributed by atoms with van der Waals surface area (Å²) in [6, 6.07) is 16.7. The fourth-order valence-corrected chi connectivity index (χ4v) is 3.89. The maximum absolute atomic E-state index is 12.9. The Bertz CT molecular complexity index is 1150. The standard InChI is InChI=1S/C23H19N3O3S/c1-28-19-7-4-8-20(29-2)21(19)22(27)25-17-6-3-5-16(13-17)18-14-30-23(26-18)15-9-11-24-12-10-15/h3-14H,1-2H3,(H,25,27). The van der Waals surface area contributed by atoms with E-state index in [9.17, 15) is 4.79 Å². The summed E-state index contributed by atoms with van der Waals surface area (Å²) in [7, 11) is 3.05. The van der Waals surface area contributed by atoms with Gasteiger partial charge in [0.15, 0.2) is 0 Å². The van der Waals surface area contributed by atoms with Gasteiger partial charge in [-0.2, -0.15) is 0 Å². The van der Waals surface area contributed by atoms with Crippen LogP contribution in [0, 0.1) is 0 Å². The smallest absolute Gasteiger partial charge is 0.263 e. The molecule has 0 atom stereocenters. The fraction of sp³-hybridized carbons (Fsp3) is 0.0870. The second kappa shape index (κ2) is 8.75. The van der Waals surface area contributed by atoms with Crippen LogP contribution in [0.5, 0.6) is 11.5 Å². The van der Waals surface area contributed by atoms with Gasteiger partial charge >= 0.3 is 0 Å². The highest BCUT2D eigenvalue weighted by Gasteiger charge is 2.18. The first-order chi connectivity index (χ1) is 14.7. The van der Waals surface area contributed by atoms with E-state index in [0.29, 0.717) is 22.7 Å². The van der Waals surface area contributed by atoms with E-state index in [1.807, 2.05) is 41.8 Å². The molecule has 6 nitrogen and oxygen atoms in total. The number of benzene rings is 2. The van der Waals surface area contributed by atoms with Crippen LogP contribution in [-0.2, 0) is 0 Å². The summed E-state index contributed by atoms with van der Waals surface area (Å²) in [4.78, 5) is 21.7. The Morgan fingerprint density at radius 1 is 0.933 bits per heavy atom. The molecule has 0 saturated heterocycles. The van der Waals surface area contributed by atoms with E-state index < -0.39 is 0 Å². The van der Waals surface area contributed by atoms with Gasteiger partial charge in [-0.15, -0.1) is 11.3 Å². The van der Waals surface area contributed by atoms with Gasteiger partial charge < -0.3 is 14.8 Å². The van der Waals surface area contributed by atoms with E-state index in [1.165, 1.54) is 14.2 Å². The van der Waals surface area contributed by atoms with Crippen LogP contribution in [0.25, 0.3) is 21.8 Å². The van der Waals surface area contributed by atoms with E-state index in [2.05, 4.69) is 10.3 Å². The Labute approximate surface area is 178 Å². The van der Waals surface area contributed by atoms with Gasteiger partial charge in [0.2, 0.25) is 0 Å². The minimum Gasteiger partial charge on any atom is -0.496 e. The number of amides is 1. The number of nitrogens with one attached hydrogen (secondary N) is 1. The molecule has 0 aliphatic rings. The highest BCUT2D eigenvalue weighted by atomic mass is 32.1. The Balaban J connectivity index is 1.59. The molecule has 0 aliphatic heterocycles. The van der Waals surface area contributed by atoms with Crippen molar-refractivity contribution in [3.05, 3.63) is 77.9 Å². The van der Waals surface area contributed by atoms with Crippen LogP contribution >= 0.6 is 11.3 Å². The molecule has 2 heterocycles. The topological polar surface area (TPSA) is 73.3 Å². The Kier molecular flexibility index (Phi) is 5.72. The predicted octanol–water partition coefficient (Wildman–Crippen LogP) is 5.14. The average Bonchev–Trinajstić information content (AvgIpc) is 3.29. The molecule has 0 spiro atoms. The molecular formula is C23H19N3O3S. The van der Waals surface area contributed by atoms with Gasteiger partial charge in [-0.05, 0) is 36.4 Å². The third-order valence-corrected chi connectivity index (χ3v) is 5.39. The summed E-state index contributed by atoms with van der Waals surface area (Å²) in [6.45, 7) is 0. The second-order valence-corrected chi connectivity index (χ2v) is 7.20. The number of hydrogen-bond acceptors (Lipinski definition) is 6. The van der Waals surface area contributed by atoms with Gasteiger partial charge in [-0.3, -0.25) is 9.78 Å². The second-order valence-electron chi connectivity index (χ2n) is 6.35. The van der Waals surface area contributed by atoms with Crippen molar-refractivity contribution in [2.24, 2.45) is 0 Å². The minimum atomic E-state index is -0.308. The zero-order valence-corrected chi connectivity index (χ0v) is 17.3. The van der Waals surface area contributed by atoms with Crippen molar-refractivity contribution in [3.63, 3.8) is 0 Å². The highest BCUT2D eigenvalue weighted by molar-refractivity contribution is 7.13. The Morgan fingerprint density at radius 3 is 2.33 bits per heavy atom. The molecule has 2 aromatic heterocycles. The number of aromatic nitrogens is 2. The summed E-state index contributed by atoms with van der Waals surface area (Å²) in [5.41, 5.74) is 3.79. The molecule has 4 aromatic rings. The van der Waals surface area contributed by atoms with E-state index in [4.69, 9.17) is 14.5 Å². The van der Waals surface area contributed by atoms with E-state index in [0.717, 1.165) is 21.8 Å². The molecule has 0 radical (unpaired) electrons. The lowest BCUT2D eigenvalue weighted by Crippen LogP contribution is -2.14. The molecule has 1 N–H and O–H groups in total. The number of pyridine rings is 1. The Morgan fingerprint density at radius 2 is 1.63 bits per heavy atom. The Hall–Kier alpha value is -3.71. The van der Waals surface area contributed by atoms with Crippen LogP contribution in [0.3, 0.4) is 0 Å². The molecule has 0 fully saturated rings. The van der Waals surface area contributed by atoms with E-state index in [-0.39, 0.29) is 5.91 Å². The van der Waals surface area contributed by atoms with Crippen molar-refractivity contribution >= 4 is 22.9 Å². The first-order valence-electron chi connectivity index (χ1n) is 9.18. The number of ether oxygens (including phenoxy) is 2. The van der Waals surface area contributed by atoms with Crippen molar-refractivity contribution in [1.29, 1.82) is 0 Å². The van der Waals surface area contributed by atoms with Crippen LogP contribution in [0.4, 0.5) is 5.69 Å². The number of nitrogens with zero attached hydrogens (tertiary/aromatic N) is 2. The molecular weight excluding hydrogens is 398 g/mol. The molecule has 7 heteroatoms. The highest BCUT2D eigenvalue weighted by Crippen LogP contribution is 2.31. The predicted molar refractivity (Wildman–Crippen MR) is 118 cm³/mol. The lowest BCUT2D eigenvalue weighted by Gasteiger charge is -2.13. The summed E-state index contributed by atoms with van der Waals surface area (Å²) in [6.07, 6.45) is 3.50. The summed E-state index contributed by atoms with van der Waals surface area (Å²) in [5.74, 6) is 0.589. The van der Waals surface area contributed by atoms with Gasteiger partial charge in [0, 0.05) is 34.6 Å². The van der Waals surface area contributed by atoms with E-state index >= 15 is 0 Å². The molecule has 4 rings (SSSR count). The first-order valence-corrected chi connectivity index (χ1v) is 10.1. The molecule has 0 aliphatic carbocycles. The molecule has 0 bridgehead atoms. The van der Waals surface area contributed by atoms with Crippen molar-refractivity contribution in [2.75, 3.05) is 19.5 Å². The largest absolute Gasteiger partial charge is 0.496 e. The molecule has 0 unspecified atom stereocenters. The number of anilines is 1. The summed E-state index contributed by atoms with van der Waals surface area (Å²) < 4.78 is 10.7. The van der Waals surface area contributed by atoms with Crippen LogP contribution in [0.2, 0.25) is 0 Å². The van der Waals surface area contributed by atoms with Gasteiger partial charge in [0.25, 0.3) is 5.91 Å². The normalized spacial score (nSPS) is 10.5. The van der Waals surface area contributed by atoms with Gasteiger partial charge in [0.05, 0.1) is 19.9 Å². The summed E-state index contributed by atoms with van der Waals surface area (Å²) >= 11 is 1.56. The average molecular weight is 417 g/mol. The van der Waals surface area contributed by atoms with Crippen LogP contribution < -0.4 is 14.8 Å². The number of rotatable bonds is 6. The molecule has 1 amide bonds. The SMILES string of the molecule is COc1cccc(OC)c1C(=O)Nc1cccc(-c2csc(-c3ccncc3)n2)c1. The van der Waals surface area contributed by atoms with Crippen molar-refractivity contribution in [2.45, 2.75) is 0 Å². The number of methoxy groups -OCH3 is 2. The third kappa shape index (κ3) is 4.01. The van der Waals surface area contributed by atoms with E-state index in [1.54, 1.807) is 41.9 Å². The van der Waals surface area contributed by atoms with Gasteiger partial charge in [0.1, 0.15) is 22.1 Å². The first kappa shape index (κ1) is 19.6. The quantitative estimate of drug-likeness (QED) is 0.470. The van der Waals surface area contributed by atoms with Crippen LogP contribution in [0.1, 0.15) is 10.4 Å². The maximum atomic E-state index is 12.9. The molecule has 30 heavy (non-hydrogen) atoms. The van der Waals surface area contributed by atoms with Crippen LogP contribution in [0.15, 0.2) is 72.4 Å². The molecule has 0 saturated carbocycles. The molecule has 2 aromatic carbocycles. The summed E-state index contributed by atoms with van der Waals surface area (Å²) in [5, 5.41) is 5.84. The maximum Gasteiger partial charge on any atom is 0.263 e. The van der Waals surface area contributed by atoms with Gasteiger partial charge in [-0.1, -0.05) is 18.2 Å².